The monoisotopic (exact) mass is 339 g/mol. The fourth-order valence-corrected chi connectivity index (χ4v) is 3.12. The summed E-state index contributed by atoms with van der Waals surface area (Å²) in [5, 5.41) is 10.8. The van der Waals surface area contributed by atoms with Gasteiger partial charge in [-0.1, -0.05) is 6.07 Å². The van der Waals surface area contributed by atoms with Crippen LogP contribution in [0.2, 0.25) is 0 Å². The molecule has 0 radical (unpaired) electrons. The Kier molecular flexibility index (Phi) is 5.62. The highest BCUT2D eigenvalue weighted by atomic mass is 35.5. The van der Waals surface area contributed by atoms with Crippen molar-refractivity contribution in [2.75, 3.05) is 6.54 Å². The van der Waals surface area contributed by atoms with Crippen molar-refractivity contribution in [2.24, 2.45) is 11.7 Å². The van der Waals surface area contributed by atoms with E-state index in [9.17, 15) is 22.9 Å². The molecule has 3 N–H and O–H groups in total. The zero-order chi connectivity index (χ0) is 14.9. The summed E-state index contributed by atoms with van der Waals surface area (Å²) >= 11 is 0. The van der Waals surface area contributed by atoms with Gasteiger partial charge in [-0.25, -0.2) is 13.1 Å². The van der Waals surface area contributed by atoms with Gasteiger partial charge in [-0.2, -0.15) is 4.39 Å². The topological polar surface area (TPSA) is 115 Å². The van der Waals surface area contributed by atoms with Gasteiger partial charge < -0.3 is 5.73 Å². The second kappa shape index (κ2) is 6.65. The number of nitrogens with one attached hydrogen (secondary N) is 1. The second-order valence-electron chi connectivity index (χ2n) is 4.70. The van der Waals surface area contributed by atoms with E-state index in [0.29, 0.717) is 0 Å². The molecule has 0 aliphatic heterocycles. The second-order valence-corrected chi connectivity index (χ2v) is 6.43. The Bertz CT molecular complexity index is 636. The molecule has 21 heavy (non-hydrogen) atoms. The predicted octanol–water partition coefficient (Wildman–Crippen LogP) is 1.17. The number of nitrogens with zero attached hydrogens (tertiary/aromatic N) is 1. The van der Waals surface area contributed by atoms with Gasteiger partial charge >= 0.3 is 5.69 Å². The van der Waals surface area contributed by atoms with E-state index >= 15 is 0 Å². The van der Waals surface area contributed by atoms with Crippen LogP contribution in [0.3, 0.4) is 0 Å². The highest BCUT2D eigenvalue weighted by Crippen LogP contribution is 2.31. The molecule has 1 aliphatic rings. The van der Waals surface area contributed by atoms with Crippen LogP contribution in [0.5, 0.6) is 0 Å². The Morgan fingerprint density at radius 3 is 2.62 bits per heavy atom. The molecule has 1 aliphatic carbocycles. The fraction of sp³-hybridized carbons (Fsp3) is 0.455. The first-order chi connectivity index (χ1) is 9.33. The lowest BCUT2D eigenvalue weighted by molar-refractivity contribution is -0.390. The molecular weight excluding hydrogens is 325 g/mol. The number of halogens is 2. The van der Waals surface area contributed by atoms with Crippen molar-refractivity contribution in [3.05, 3.63) is 34.1 Å². The van der Waals surface area contributed by atoms with Gasteiger partial charge in [0.1, 0.15) is 0 Å². The zero-order valence-electron chi connectivity index (χ0n) is 10.9. The average molecular weight is 340 g/mol. The number of nitro groups is 1. The van der Waals surface area contributed by atoms with Crippen molar-refractivity contribution in [1.82, 2.24) is 4.72 Å². The molecule has 7 nitrogen and oxygen atoms in total. The summed E-state index contributed by atoms with van der Waals surface area (Å²) in [5.41, 5.74) is 4.70. The minimum absolute atomic E-state index is 0. The molecule has 1 unspecified atom stereocenters. The van der Waals surface area contributed by atoms with Crippen LogP contribution < -0.4 is 10.5 Å². The van der Waals surface area contributed by atoms with Crippen molar-refractivity contribution < 1.29 is 17.7 Å². The van der Waals surface area contributed by atoms with E-state index in [4.69, 9.17) is 5.73 Å². The Hall–Kier alpha value is -1.29. The summed E-state index contributed by atoms with van der Waals surface area (Å²) in [6.45, 7) is -0.0271. The Morgan fingerprint density at radius 2 is 2.10 bits per heavy atom. The van der Waals surface area contributed by atoms with Gasteiger partial charge in [0.2, 0.25) is 15.8 Å². The maximum atomic E-state index is 13.4. The average Bonchev–Trinajstić information content (AvgIpc) is 3.19. The molecule has 1 aromatic rings. The van der Waals surface area contributed by atoms with Crippen molar-refractivity contribution in [3.63, 3.8) is 0 Å². The van der Waals surface area contributed by atoms with Crippen LogP contribution in [0, 0.1) is 21.8 Å². The first-order valence-electron chi connectivity index (χ1n) is 6.01. The lowest BCUT2D eigenvalue weighted by Crippen LogP contribution is -2.38. The van der Waals surface area contributed by atoms with Crippen LogP contribution in [0.15, 0.2) is 23.1 Å². The zero-order valence-corrected chi connectivity index (χ0v) is 12.5. The van der Waals surface area contributed by atoms with Crippen LogP contribution in [-0.4, -0.2) is 25.9 Å². The van der Waals surface area contributed by atoms with Crippen LogP contribution in [0.1, 0.15) is 12.8 Å². The molecule has 118 valence electrons. The van der Waals surface area contributed by atoms with Crippen molar-refractivity contribution in [1.29, 1.82) is 0 Å². The van der Waals surface area contributed by atoms with Crippen molar-refractivity contribution in [2.45, 2.75) is 23.8 Å². The number of sulfonamides is 1. The number of hydrogen-bond donors (Lipinski definition) is 2. The maximum absolute atomic E-state index is 13.4. The van der Waals surface area contributed by atoms with Crippen LogP contribution in [0.25, 0.3) is 0 Å². The van der Waals surface area contributed by atoms with Gasteiger partial charge in [0.05, 0.1) is 4.92 Å². The summed E-state index contributed by atoms with van der Waals surface area (Å²) in [5.74, 6) is -0.912. The normalized spacial score (nSPS) is 16.1. The van der Waals surface area contributed by atoms with E-state index < -0.39 is 31.3 Å². The molecule has 1 fully saturated rings. The number of benzene rings is 1. The minimum Gasteiger partial charge on any atom is -0.326 e. The van der Waals surface area contributed by atoms with Crippen molar-refractivity contribution in [3.8, 4) is 0 Å². The van der Waals surface area contributed by atoms with E-state index in [2.05, 4.69) is 4.72 Å². The predicted molar refractivity (Wildman–Crippen MR) is 76.2 cm³/mol. The number of rotatable bonds is 6. The van der Waals surface area contributed by atoms with E-state index in [1.165, 1.54) is 0 Å². The third-order valence-electron chi connectivity index (χ3n) is 3.16. The Balaban J connectivity index is 0.00000220. The summed E-state index contributed by atoms with van der Waals surface area (Å²) in [7, 11) is -4.17. The molecule has 0 bridgehead atoms. The smallest absolute Gasteiger partial charge is 0.324 e. The van der Waals surface area contributed by atoms with Crippen LogP contribution >= 0.6 is 12.4 Å². The van der Waals surface area contributed by atoms with Gasteiger partial charge in [-0.05, 0) is 30.9 Å². The molecule has 0 heterocycles. The first kappa shape index (κ1) is 17.8. The number of hydrogen-bond acceptors (Lipinski definition) is 5. The summed E-state index contributed by atoms with van der Waals surface area (Å²) in [6.07, 6.45) is 1.89. The first-order valence-corrected chi connectivity index (χ1v) is 7.49. The van der Waals surface area contributed by atoms with E-state index in [1.807, 2.05) is 0 Å². The fourth-order valence-electron chi connectivity index (χ4n) is 1.86. The van der Waals surface area contributed by atoms with E-state index in [-0.39, 0.29) is 30.9 Å². The Labute approximate surface area is 127 Å². The molecule has 0 spiro atoms. The largest absolute Gasteiger partial charge is 0.326 e. The third-order valence-corrected chi connectivity index (χ3v) is 4.61. The van der Waals surface area contributed by atoms with Gasteiger partial charge in [0.25, 0.3) is 0 Å². The lowest BCUT2D eigenvalue weighted by atomic mass is 10.2. The maximum Gasteiger partial charge on any atom is 0.324 e. The molecule has 0 amide bonds. The molecule has 1 saturated carbocycles. The molecule has 1 atom stereocenters. The SMILES string of the molecule is Cl.NC(CNS(=O)(=O)c1cccc(F)c1[N+](=O)[O-])C1CC1. The van der Waals surface area contributed by atoms with Gasteiger partial charge in [0.15, 0.2) is 4.90 Å². The van der Waals surface area contributed by atoms with Gasteiger partial charge in [-0.3, -0.25) is 10.1 Å². The van der Waals surface area contributed by atoms with Gasteiger partial charge in [0, 0.05) is 12.6 Å². The highest BCUT2D eigenvalue weighted by molar-refractivity contribution is 7.89. The van der Waals surface area contributed by atoms with E-state index in [1.54, 1.807) is 0 Å². The summed E-state index contributed by atoms with van der Waals surface area (Å²) in [6, 6.07) is 2.61. The number of para-hydroxylation sites is 1. The van der Waals surface area contributed by atoms with Gasteiger partial charge in [-0.15, -0.1) is 12.4 Å². The van der Waals surface area contributed by atoms with Crippen LogP contribution in [0.4, 0.5) is 10.1 Å². The highest BCUT2D eigenvalue weighted by Gasteiger charge is 2.32. The molecular formula is C11H15ClFN3O4S. The number of nitro benzene ring substituents is 1. The summed E-state index contributed by atoms with van der Waals surface area (Å²) in [4.78, 5) is 9.05. The molecule has 0 aromatic heterocycles. The molecule has 1 aromatic carbocycles. The quantitative estimate of drug-likeness (QED) is 0.596. The molecule has 2 rings (SSSR count). The third kappa shape index (κ3) is 4.10. The van der Waals surface area contributed by atoms with Crippen molar-refractivity contribution >= 4 is 28.1 Å². The standard InChI is InChI=1S/C11H14FN3O4S.ClH/c12-8-2-1-3-10(11(8)15(16)17)20(18,19)14-6-9(13)7-4-5-7;/h1-3,7,9,14H,4-6,13H2;1H. The van der Waals surface area contributed by atoms with E-state index in [0.717, 1.165) is 31.0 Å². The Morgan fingerprint density at radius 1 is 1.48 bits per heavy atom. The van der Waals surface area contributed by atoms with Crippen LogP contribution in [-0.2, 0) is 10.0 Å². The molecule has 0 saturated heterocycles. The minimum atomic E-state index is -4.17. The number of nitrogens with two attached hydrogens (primary N) is 1. The summed E-state index contributed by atoms with van der Waals surface area (Å²) < 4.78 is 39.6. The molecule has 10 heteroatoms. The lowest BCUT2D eigenvalue weighted by Gasteiger charge is -2.12.